The summed E-state index contributed by atoms with van der Waals surface area (Å²) >= 11 is 2.68. The van der Waals surface area contributed by atoms with E-state index in [1.165, 1.54) is 29.2 Å². The Morgan fingerprint density at radius 2 is 2.33 bits per heavy atom. The molecule has 0 spiro atoms. The van der Waals surface area contributed by atoms with Crippen LogP contribution in [0.1, 0.15) is 18.6 Å². The van der Waals surface area contributed by atoms with Crippen molar-refractivity contribution < 1.29 is 10.0 Å². The topological polar surface area (TPSA) is 76.3 Å². The predicted molar refractivity (Wildman–Crippen MR) is 70.0 cm³/mol. The molecule has 0 radical (unpaired) electrons. The maximum Gasteiger partial charge on any atom is 0.283 e. The van der Waals surface area contributed by atoms with Crippen molar-refractivity contribution in [3.05, 3.63) is 45.5 Å². The van der Waals surface area contributed by atoms with Gasteiger partial charge in [-0.15, -0.1) is 11.3 Å². The molecule has 0 bridgehead atoms. The summed E-state index contributed by atoms with van der Waals surface area (Å²) in [6, 6.07) is 4.74. The molecule has 1 aromatic heterocycles. The summed E-state index contributed by atoms with van der Waals surface area (Å²) < 4.78 is 0.753. The normalized spacial score (nSPS) is 12.3. The molecule has 0 saturated heterocycles. The smallest absolute Gasteiger partial charge is 0.283 e. The summed E-state index contributed by atoms with van der Waals surface area (Å²) in [6.45, 7) is 1.58. The first-order chi connectivity index (χ1) is 8.58. The maximum absolute atomic E-state index is 11.0. The second-order valence-corrected chi connectivity index (χ2v) is 5.74. The van der Waals surface area contributed by atoms with Crippen LogP contribution in [-0.2, 0) is 0 Å². The van der Waals surface area contributed by atoms with Crippen LogP contribution in [0.3, 0.4) is 0 Å². The van der Waals surface area contributed by atoms with E-state index in [0.717, 1.165) is 4.34 Å². The molecule has 0 aliphatic carbocycles. The van der Waals surface area contributed by atoms with Gasteiger partial charge in [-0.3, -0.25) is 10.1 Å². The molecule has 0 aliphatic heterocycles. The second-order valence-electron chi connectivity index (χ2n) is 3.56. The van der Waals surface area contributed by atoms with Gasteiger partial charge < -0.3 is 5.11 Å². The van der Waals surface area contributed by atoms with Crippen LogP contribution in [0.25, 0.3) is 0 Å². The number of aliphatic hydroxyl groups excluding tert-OH is 1. The summed E-state index contributed by atoms with van der Waals surface area (Å²) in [6.07, 6.45) is 0.936. The van der Waals surface area contributed by atoms with E-state index in [4.69, 9.17) is 0 Å². The van der Waals surface area contributed by atoms with Crippen LogP contribution in [0.4, 0.5) is 5.69 Å². The lowest BCUT2D eigenvalue weighted by Crippen LogP contribution is -1.96. The Balaban J connectivity index is 2.37. The van der Waals surface area contributed by atoms with E-state index in [0.29, 0.717) is 10.5 Å². The third-order valence-corrected chi connectivity index (χ3v) is 4.22. The Morgan fingerprint density at radius 3 is 2.89 bits per heavy atom. The molecule has 1 aromatic carbocycles. The van der Waals surface area contributed by atoms with Crippen LogP contribution in [0.15, 0.2) is 39.0 Å². The number of nitro benzene ring substituents is 1. The van der Waals surface area contributed by atoms with Gasteiger partial charge in [0.2, 0.25) is 0 Å². The van der Waals surface area contributed by atoms with Crippen LogP contribution < -0.4 is 0 Å². The summed E-state index contributed by atoms with van der Waals surface area (Å²) in [5.41, 5.74) is 0.527. The second kappa shape index (κ2) is 5.47. The van der Waals surface area contributed by atoms with E-state index in [1.54, 1.807) is 25.3 Å². The number of benzene rings is 1. The molecule has 94 valence electrons. The van der Waals surface area contributed by atoms with Crippen LogP contribution >= 0.6 is 23.1 Å². The van der Waals surface area contributed by atoms with Gasteiger partial charge in [0.1, 0.15) is 0 Å². The highest BCUT2D eigenvalue weighted by atomic mass is 32.2. The molecule has 18 heavy (non-hydrogen) atoms. The van der Waals surface area contributed by atoms with Gasteiger partial charge in [0.15, 0.2) is 4.34 Å². The number of hydrogen-bond donors (Lipinski definition) is 1. The standard InChI is InChI=1S/C11H10N2O3S2/c1-7(14)8-2-3-10(9(6-8)13(15)16)18-11-12-4-5-17-11/h2-7,14H,1H3. The fraction of sp³-hybridized carbons (Fsp3) is 0.182. The third kappa shape index (κ3) is 2.87. The van der Waals surface area contributed by atoms with E-state index in [-0.39, 0.29) is 5.69 Å². The fourth-order valence-electron chi connectivity index (χ4n) is 1.38. The van der Waals surface area contributed by atoms with E-state index < -0.39 is 11.0 Å². The molecule has 1 N–H and O–H groups in total. The van der Waals surface area contributed by atoms with Crippen molar-refractivity contribution in [3.8, 4) is 0 Å². The number of thiazole rings is 1. The average Bonchev–Trinajstić information content (AvgIpc) is 2.81. The highest BCUT2D eigenvalue weighted by molar-refractivity contribution is 8.01. The molecule has 2 rings (SSSR count). The molecule has 0 aliphatic rings. The monoisotopic (exact) mass is 282 g/mol. The van der Waals surface area contributed by atoms with Crippen molar-refractivity contribution in [1.29, 1.82) is 0 Å². The first-order valence-corrected chi connectivity index (χ1v) is 6.81. The van der Waals surface area contributed by atoms with Crippen molar-refractivity contribution in [1.82, 2.24) is 4.98 Å². The van der Waals surface area contributed by atoms with Gasteiger partial charge in [0, 0.05) is 17.6 Å². The van der Waals surface area contributed by atoms with Gasteiger partial charge in [-0.2, -0.15) is 0 Å². The average molecular weight is 282 g/mol. The van der Waals surface area contributed by atoms with Crippen molar-refractivity contribution in [3.63, 3.8) is 0 Å². The fourth-order valence-corrected chi connectivity index (χ4v) is 3.04. The number of hydrogen-bond acceptors (Lipinski definition) is 6. The SMILES string of the molecule is CC(O)c1ccc(Sc2nccs2)c([N+](=O)[O-])c1. The summed E-state index contributed by atoms with van der Waals surface area (Å²) in [4.78, 5) is 15.2. The third-order valence-electron chi connectivity index (χ3n) is 2.27. The molecule has 0 saturated carbocycles. The minimum atomic E-state index is -0.720. The number of nitro groups is 1. The minimum absolute atomic E-state index is 0.00593. The molecule has 5 nitrogen and oxygen atoms in total. The molecular weight excluding hydrogens is 272 g/mol. The van der Waals surface area contributed by atoms with Gasteiger partial charge in [-0.05, 0) is 18.6 Å². The van der Waals surface area contributed by atoms with E-state index in [2.05, 4.69) is 4.98 Å². The highest BCUT2D eigenvalue weighted by Crippen LogP contribution is 2.36. The van der Waals surface area contributed by atoms with Gasteiger partial charge in [0.05, 0.1) is 15.9 Å². The summed E-state index contributed by atoms with van der Waals surface area (Å²) in [5, 5.41) is 22.3. The number of aliphatic hydroxyl groups is 1. The lowest BCUT2D eigenvalue weighted by atomic mass is 10.1. The van der Waals surface area contributed by atoms with Crippen molar-refractivity contribution in [2.24, 2.45) is 0 Å². The lowest BCUT2D eigenvalue weighted by molar-refractivity contribution is -0.387. The van der Waals surface area contributed by atoms with Crippen LogP contribution in [0, 0.1) is 10.1 Å². The Bertz CT molecular complexity index is 555. The Morgan fingerprint density at radius 1 is 1.56 bits per heavy atom. The lowest BCUT2D eigenvalue weighted by Gasteiger charge is -2.06. The molecule has 7 heteroatoms. The van der Waals surface area contributed by atoms with Crippen molar-refractivity contribution in [2.75, 3.05) is 0 Å². The van der Waals surface area contributed by atoms with Crippen LogP contribution in [0.5, 0.6) is 0 Å². The molecule has 1 heterocycles. The van der Waals surface area contributed by atoms with Crippen LogP contribution in [-0.4, -0.2) is 15.0 Å². The van der Waals surface area contributed by atoms with Gasteiger partial charge in [-0.25, -0.2) is 4.98 Å². The zero-order valence-electron chi connectivity index (χ0n) is 9.44. The van der Waals surface area contributed by atoms with Gasteiger partial charge in [-0.1, -0.05) is 17.8 Å². The molecular formula is C11H10N2O3S2. The molecule has 1 unspecified atom stereocenters. The molecule has 2 aromatic rings. The zero-order chi connectivity index (χ0) is 13.1. The Hall–Kier alpha value is -1.44. The quantitative estimate of drug-likeness (QED) is 0.688. The van der Waals surface area contributed by atoms with Gasteiger partial charge in [0.25, 0.3) is 5.69 Å². The Labute approximate surface area is 112 Å². The van der Waals surface area contributed by atoms with Crippen molar-refractivity contribution >= 4 is 28.8 Å². The molecule has 0 amide bonds. The maximum atomic E-state index is 11.0. The van der Waals surface area contributed by atoms with E-state index in [9.17, 15) is 15.2 Å². The first kappa shape index (κ1) is 13.0. The minimum Gasteiger partial charge on any atom is -0.389 e. The van der Waals surface area contributed by atoms with E-state index >= 15 is 0 Å². The largest absolute Gasteiger partial charge is 0.389 e. The zero-order valence-corrected chi connectivity index (χ0v) is 11.1. The van der Waals surface area contributed by atoms with Crippen LogP contribution in [0.2, 0.25) is 0 Å². The number of rotatable bonds is 4. The van der Waals surface area contributed by atoms with E-state index in [1.807, 2.05) is 5.38 Å². The number of nitrogens with zero attached hydrogens (tertiary/aromatic N) is 2. The first-order valence-electron chi connectivity index (χ1n) is 5.11. The number of aromatic nitrogens is 1. The highest BCUT2D eigenvalue weighted by Gasteiger charge is 2.17. The summed E-state index contributed by atoms with van der Waals surface area (Å²) in [5.74, 6) is 0. The van der Waals surface area contributed by atoms with Gasteiger partial charge >= 0.3 is 0 Å². The molecule has 0 fully saturated rings. The Kier molecular flexibility index (Phi) is 3.95. The predicted octanol–water partition coefficient (Wildman–Crippen LogP) is 3.26. The summed E-state index contributed by atoms with van der Waals surface area (Å²) in [7, 11) is 0. The van der Waals surface area contributed by atoms with Crippen molar-refractivity contribution in [2.45, 2.75) is 22.3 Å². The molecule has 1 atom stereocenters.